The molecule has 4 nitrogen and oxygen atoms in total. The number of carboxylic acid groups (broad SMARTS) is 1. The average Bonchev–Trinajstić information content (AvgIpc) is 2.45. The van der Waals surface area contributed by atoms with Crippen LogP contribution in [0.3, 0.4) is 0 Å². The lowest BCUT2D eigenvalue weighted by atomic mass is 9.72. The van der Waals surface area contributed by atoms with Gasteiger partial charge in [0.1, 0.15) is 22.8 Å². The molecule has 0 saturated carbocycles. The maximum absolute atomic E-state index is 10.9. The average molecular weight is 342 g/mol. The smallest absolute Gasteiger partial charge is 0.339 e. The van der Waals surface area contributed by atoms with Gasteiger partial charge in [-0.15, -0.1) is 0 Å². The van der Waals surface area contributed by atoms with E-state index >= 15 is 0 Å². The number of hydrogen-bond acceptors (Lipinski definition) is 3. The van der Waals surface area contributed by atoms with E-state index in [1.807, 2.05) is 24.3 Å². The first-order valence-electron chi connectivity index (χ1n) is 8.33. The fraction of sp³-hybridized carbons (Fsp3) is 0.381. The lowest BCUT2D eigenvalue weighted by Gasteiger charge is -2.33. The summed E-state index contributed by atoms with van der Waals surface area (Å²) in [5, 5.41) is 18.7. The Bertz CT molecular complexity index is 752. The third-order valence-electron chi connectivity index (χ3n) is 4.04. The Morgan fingerprint density at radius 1 is 0.960 bits per heavy atom. The van der Waals surface area contributed by atoms with Crippen molar-refractivity contribution in [2.45, 2.75) is 46.5 Å². The van der Waals surface area contributed by atoms with Gasteiger partial charge in [0.15, 0.2) is 0 Å². The zero-order chi connectivity index (χ0) is 18.8. The highest BCUT2D eigenvalue weighted by Crippen LogP contribution is 2.37. The minimum Gasteiger partial charge on any atom is -0.507 e. The Morgan fingerprint density at radius 3 is 2.00 bits per heavy atom. The molecule has 2 aromatic rings. The SMILES string of the molecule is CC(C)(C)CC(C)(C)c1ccc(Oc2ccc(C(=O)O)c(O)c2)cc1. The fourth-order valence-electron chi connectivity index (χ4n) is 3.29. The molecule has 0 unspecified atom stereocenters. The van der Waals surface area contributed by atoms with Crippen molar-refractivity contribution < 1.29 is 19.7 Å². The summed E-state index contributed by atoms with van der Waals surface area (Å²) < 4.78 is 5.71. The summed E-state index contributed by atoms with van der Waals surface area (Å²) in [6.07, 6.45) is 1.06. The van der Waals surface area contributed by atoms with Gasteiger partial charge in [0.2, 0.25) is 0 Å². The zero-order valence-corrected chi connectivity index (χ0v) is 15.5. The summed E-state index contributed by atoms with van der Waals surface area (Å²) in [4.78, 5) is 10.9. The predicted molar refractivity (Wildman–Crippen MR) is 98.7 cm³/mol. The van der Waals surface area contributed by atoms with Crippen molar-refractivity contribution in [3.63, 3.8) is 0 Å². The first kappa shape index (κ1) is 18.8. The molecular weight excluding hydrogens is 316 g/mol. The van der Waals surface area contributed by atoms with Crippen molar-refractivity contribution >= 4 is 5.97 Å². The first-order valence-corrected chi connectivity index (χ1v) is 8.33. The summed E-state index contributed by atoms with van der Waals surface area (Å²) in [6, 6.07) is 12.0. The van der Waals surface area contributed by atoms with Crippen LogP contribution in [0.2, 0.25) is 0 Å². The predicted octanol–water partition coefficient (Wildman–Crippen LogP) is 5.60. The Morgan fingerprint density at radius 2 is 1.52 bits per heavy atom. The van der Waals surface area contributed by atoms with Gasteiger partial charge in [0.25, 0.3) is 0 Å². The van der Waals surface area contributed by atoms with Crippen molar-refractivity contribution in [2.24, 2.45) is 5.41 Å². The molecule has 0 aliphatic rings. The van der Waals surface area contributed by atoms with Crippen LogP contribution in [-0.4, -0.2) is 16.2 Å². The van der Waals surface area contributed by atoms with Gasteiger partial charge in [0.05, 0.1) is 0 Å². The second kappa shape index (κ2) is 6.79. The standard InChI is InChI=1S/C21H26O4/c1-20(2,3)13-21(4,5)14-6-8-15(9-7-14)25-16-10-11-17(19(23)24)18(22)12-16/h6-12,22H,13H2,1-5H3,(H,23,24). The van der Waals surface area contributed by atoms with Gasteiger partial charge in [-0.25, -0.2) is 4.79 Å². The van der Waals surface area contributed by atoms with Crippen molar-refractivity contribution in [3.8, 4) is 17.2 Å². The third-order valence-corrected chi connectivity index (χ3v) is 4.04. The molecule has 0 bridgehead atoms. The van der Waals surface area contributed by atoms with E-state index < -0.39 is 5.97 Å². The van der Waals surface area contributed by atoms with Crippen LogP contribution in [0.25, 0.3) is 0 Å². The highest BCUT2D eigenvalue weighted by molar-refractivity contribution is 5.90. The van der Waals surface area contributed by atoms with Crippen LogP contribution in [0.5, 0.6) is 17.2 Å². The Balaban J connectivity index is 2.15. The fourth-order valence-corrected chi connectivity index (χ4v) is 3.29. The molecule has 2 aromatic carbocycles. The molecular formula is C21H26O4. The molecule has 2 rings (SSSR count). The molecule has 0 fully saturated rings. The second-order valence-corrected chi connectivity index (χ2v) is 8.23. The summed E-state index contributed by atoms with van der Waals surface area (Å²) in [5.41, 5.74) is 1.38. The van der Waals surface area contributed by atoms with E-state index in [2.05, 4.69) is 34.6 Å². The Hall–Kier alpha value is -2.49. The number of aromatic hydroxyl groups is 1. The topological polar surface area (TPSA) is 66.8 Å². The molecule has 0 aromatic heterocycles. The maximum Gasteiger partial charge on any atom is 0.339 e. The van der Waals surface area contributed by atoms with E-state index in [4.69, 9.17) is 9.84 Å². The molecule has 0 heterocycles. The minimum absolute atomic E-state index is 0.0538. The van der Waals surface area contributed by atoms with Crippen LogP contribution in [0.15, 0.2) is 42.5 Å². The van der Waals surface area contributed by atoms with Crippen molar-refractivity contribution in [1.82, 2.24) is 0 Å². The van der Waals surface area contributed by atoms with Gasteiger partial charge in [-0.1, -0.05) is 46.8 Å². The molecule has 4 heteroatoms. The number of hydrogen-bond donors (Lipinski definition) is 2. The van der Waals surface area contributed by atoms with E-state index in [0.717, 1.165) is 6.42 Å². The summed E-state index contributed by atoms with van der Waals surface area (Å²) in [5.74, 6) is -0.454. The third kappa shape index (κ3) is 4.99. The van der Waals surface area contributed by atoms with Gasteiger partial charge in [-0.3, -0.25) is 0 Å². The summed E-state index contributed by atoms with van der Waals surface area (Å²) in [7, 11) is 0. The number of rotatable bonds is 5. The number of benzene rings is 2. The van der Waals surface area contributed by atoms with Gasteiger partial charge >= 0.3 is 5.97 Å². The van der Waals surface area contributed by atoms with E-state index in [1.54, 1.807) is 0 Å². The molecule has 0 aliphatic heterocycles. The first-order chi connectivity index (χ1) is 11.5. The zero-order valence-electron chi connectivity index (χ0n) is 15.5. The molecule has 0 aliphatic carbocycles. The Labute approximate surface area is 149 Å². The van der Waals surface area contributed by atoms with Crippen LogP contribution >= 0.6 is 0 Å². The van der Waals surface area contributed by atoms with Crippen LogP contribution in [0, 0.1) is 5.41 Å². The summed E-state index contributed by atoms with van der Waals surface area (Å²) in [6.45, 7) is 11.2. The van der Waals surface area contributed by atoms with Crippen molar-refractivity contribution in [1.29, 1.82) is 0 Å². The molecule has 0 amide bonds. The molecule has 0 radical (unpaired) electrons. The number of phenols is 1. The molecule has 0 atom stereocenters. The molecule has 0 spiro atoms. The van der Waals surface area contributed by atoms with Gasteiger partial charge in [0, 0.05) is 6.07 Å². The van der Waals surface area contributed by atoms with Crippen LogP contribution in [-0.2, 0) is 5.41 Å². The molecule has 25 heavy (non-hydrogen) atoms. The van der Waals surface area contributed by atoms with Gasteiger partial charge in [-0.2, -0.15) is 0 Å². The highest BCUT2D eigenvalue weighted by Gasteiger charge is 2.27. The largest absolute Gasteiger partial charge is 0.507 e. The lowest BCUT2D eigenvalue weighted by Crippen LogP contribution is -2.24. The number of ether oxygens (including phenoxy) is 1. The normalized spacial score (nSPS) is 12.0. The van der Waals surface area contributed by atoms with Crippen LogP contribution in [0.4, 0.5) is 0 Å². The quantitative estimate of drug-likeness (QED) is 0.742. The number of carboxylic acids is 1. The number of carbonyl (C=O) groups is 1. The van der Waals surface area contributed by atoms with Crippen LogP contribution in [0.1, 0.15) is 57.0 Å². The summed E-state index contributed by atoms with van der Waals surface area (Å²) >= 11 is 0. The van der Waals surface area contributed by atoms with E-state index in [1.165, 1.54) is 23.8 Å². The van der Waals surface area contributed by atoms with Gasteiger partial charge < -0.3 is 14.9 Å². The second-order valence-electron chi connectivity index (χ2n) is 8.23. The number of aromatic carboxylic acids is 1. The van der Waals surface area contributed by atoms with Gasteiger partial charge in [-0.05, 0) is 47.1 Å². The van der Waals surface area contributed by atoms with E-state index in [-0.39, 0.29) is 22.1 Å². The Kier molecular flexibility index (Phi) is 5.12. The lowest BCUT2D eigenvalue weighted by molar-refractivity contribution is 0.0693. The molecule has 134 valence electrons. The van der Waals surface area contributed by atoms with Crippen molar-refractivity contribution in [2.75, 3.05) is 0 Å². The van der Waals surface area contributed by atoms with Crippen LogP contribution < -0.4 is 4.74 Å². The minimum atomic E-state index is -1.17. The van der Waals surface area contributed by atoms with E-state index in [0.29, 0.717) is 11.5 Å². The molecule has 2 N–H and O–H groups in total. The van der Waals surface area contributed by atoms with Crippen molar-refractivity contribution in [3.05, 3.63) is 53.6 Å². The highest BCUT2D eigenvalue weighted by atomic mass is 16.5. The molecule has 0 saturated heterocycles. The maximum atomic E-state index is 10.9. The van der Waals surface area contributed by atoms with E-state index in [9.17, 15) is 9.90 Å². The monoisotopic (exact) mass is 342 g/mol.